The lowest BCUT2D eigenvalue weighted by atomic mass is 9.67. The van der Waals surface area contributed by atoms with Gasteiger partial charge >= 0.3 is 0 Å². The van der Waals surface area contributed by atoms with Gasteiger partial charge in [-0.2, -0.15) is 0 Å². The molecule has 0 amide bonds. The van der Waals surface area contributed by atoms with Crippen LogP contribution in [0.3, 0.4) is 0 Å². The molecular weight excluding hydrogens is 587 g/mol. The Morgan fingerprint density at radius 1 is 0.532 bits per heavy atom. The van der Waals surface area contributed by atoms with E-state index in [1.54, 1.807) is 5.56 Å². The van der Waals surface area contributed by atoms with Crippen molar-refractivity contribution in [2.45, 2.75) is 82.0 Å². The number of hydrogen-bond acceptors (Lipinski definition) is 2. The Hall–Kier alpha value is -3.88. The molecule has 0 saturated heterocycles. The molecule has 9 rings (SSSR count). The number of benzene rings is 5. The minimum Gasteiger partial charge on any atom is -0.310 e. The molecule has 47 heavy (non-hydrogen) atoms. The van der Waals surface area contributed by atoms with Crippen LogP contribution >= 0.6 is 11.3 Å². The van der Waals surface area contributed by atoms with E-state index in [0.29, 0.717) is 0 Å². The fourth-order valence-electron chi connectivity index (χ4n) is 9.76. The van der Waals surface area contributed by atoms with Gasteiger partial charge in [-0.05, 0) is 115 Å². The van der Waals surface area contributed by atoms with Crippen LogP contribution in [0.2, 0.25) is 0 Å². The maximum Gasteiger partial charge on any atom is 0.0468 e. The normalized spacial score (nSPS) is 22.3. The van der Waals surface area contributed by atoms with Gasteiger partial charge in [-0.25, -0.2) is 0 Å². The third-order valence-corrected chi connectivity index (χ3v) is 13.3. The first-order valence-electron chi connectivity index (χ1n) is 18.2. The van der Waals surface area contributed by atoms with E-state index in [2.05, 4.69) is 126 Å². The van der Waals surface area contributed by atoms with Gasteiger partial charge in [-0.15, -0.1) is 11.3 Å². The summed E-state index contributed by atoms with van der Waals surface area (Å²) in [6.45, 7) is 0. The summed E-state index contributed by atoms with van der Waals surface area (Å²) in [5.41, 5.74) is 8.29. The second-order valence-corrected chi connectivity index (χ2v) is 15.8. The Labute approximate surface area is 284 Å². The topological polar surface area (TPSA) is 3.24 Å². The van der Waals surface area contributed by atoms with Gasteiger partial charge in [0.15, 0.2) is 0 Å². The summed E-state index contributed by atoms with van der Waals surface area (Å²) < 4.78 is 2.71. The van der Waals surface area contributed by atoms with Crippen LogP contribution in [-0.2, 0) is 5.41 Å². The summed E-state index contributed by atoms with van der Waals surface area (Å²) in [7, 11) is 0. The van der Waals surface area contributed by atoms with E-state index in [9.17, 15) is 0 Å². The van der Waals surface area contributed by atoms with Crippen LogP contribution < -0.4 is 4.90 Å². The van der Waals surface area contributed by atoms with E-state index in [0.717, 1.165) is 17.8 Å². The van der Waals surface area contributed by atoms with E-state index in [1.807, 2.05) is 11.3 Å². The molecule has 3 unspecified atom stereocenters. The molecule has 0 radical (unpaired) electrons. The van der Waals surface area contributed by atoms with Gasteiger partial charge in [-0.3, -0.25) is 0 Å². The quantitative estimate of drug-likeness (QED) is 0.177. The second-order valence-electron chi connectivity index (χ2n) is 14.7. The highest BCUT2D eigenvalue weighted by atomic mass is 32.1. The minimum atomic E-state index is 0.0852. The van der Waals surface area contributed by atoms with Crippen molar-refractivity contribution in [2.24, 2.45) is 11.8 Å². The molecule has 3 saturated carbocycles. The number of rotatable bonds is 6. The first-order chi connectivity index (χ1) is 23.2. The van der Waals surface area contributed by atoms with E-state index < -0.39 is 0 Å². The molecule has 2 bridgehead atoms. The van der Waals surface area contributed by atoms with Crippen LogP contribution in [0.15, 0.2) is 121 Å². The monoisotopic (exact) mass is 631 g/mol. The summed E-state index contributed by atoms with van der Waals surface area (Å²) in [6, 6.07) is 46.7. The molecule has 1 heterocycles. The average molecular weight is 632 g/mol. The number of fused-ring (bicyclic) bond motifs is 5. The van der Waals surface area contributed by atoms with Crippen molar-refractivity contribution in [1.29, 1.82) is 0 Å². The Balaban J connectivity index is 1.13. The van der Waals surface area contributed by atoms with E-state index >= 15 is 0 Å². The van der Waals surface area contributed by atoms with Gasteiger partial charge in [0.05, 0.1) is 0 Å². The zero-order chi connectivity index (χ0) is 31.2. The molecule has 1 aromatic heterocycles. The number of thiophene rings is 1. The minimum absolute atomic E-state index is 0.0852. The zero-order valence-electron chi connectivity index (χ0n) is 27.4. The third-order valence-electron chi connectivity index (χ3n) is 12.1. The highest BCUT2D eigenvalue weighted by Gasteiger charge is 2.40. The first kappa shape index (κ1) is 29.3. The molecule has 6 aromatic rings. The lowest BCUT2D eigenvalue weighted by Crippen LogP contribution is -2.29. The van der Waals surface area contributed by atoms with Crippen LogP contribution in [0.25, 0.3) is 20.2 Å². The molecule has 3 aliphatic carbocycles. The third kappa shape index (κ3) is 5.30. The van der Waals surface area contributed by atoms with Gasteiger partial charge in [0.25, 0.3) is 0 Å². The van der Waals surface area contributed by atoms with E-state index in [4.69, 9.17) is 0 Å². The van der Waals surface area contributed by atoms with Gasteiger partial charge in [0, 0.05) is 42.6 Å². The number of anilines is 3. The van der Waals surface area contributed by atoms with Crippen LogP contribution in [0.4, 0.5) is 17.1 Å². The molecule has 0 N–H and O–H groups in total. The van der Waals surface area contributed by atoms with Crippen molar-refractivity contribution in [3.63, 3.8) is 0 Å². The highest BCUT2D eigenvalue weighted by molar-refractivity contribution is 7.25. The van der Waals surface area contributed by atoms with Crippen molar-refractivity contribution >= 4 is 48.6 Å². The number of nitrogens with zero attached hydrogens (tertiary/aromatic N) is 1. The SMILES string of the molecule is c1ccc(C2(c3ccc(N(c4ccc(C5CC6CCC5C6)cc4)c4ccc5sc6ccccc6c5c4)cc3)CCCCCCC2)cc1. The summed E-state index contributed by atoms with van der Waals surface area (Å²) in [6.07, 6.45) is 14.8. The fourth-order valence-corrected chi connectivity index (χ4v) is 10.8. The van der Waals surface area contributed by atoms with E-state index in [1.165, 1.54) is 119 Å². The average Bonchev–Trinajstić information content (AvgIpc) is 3.85. The standard InChI is InChI=1S/C45H45NS/c1-2-9-27-45(28-10-3-1,35-11-5-4-6-12-35)36-19-23-38(24-20-36)46(37-21-17-33(18-22-37)41-30-32-15-16-34(41)29-32)39-25-26-44-42(31-39)40-13-7-8-14-43(40)47-44/h4-8,11-14,17-26,31-32,34,41H,1-3,9-10,15-16,27-30H2. The molecule has 1 nitrogen and oxygen atoms in total. The summed E-state index contributed by atoms with van der Waals surface area (Å²) in [4.78, 5) is 2.49. The van der Waals surface area contributed by atoms with Crippen molar-refractivity contribution in [2.75, 3.05) is 4.90 Å². The molecule has 0 aliphatic heterocycles. The lowest BCUT2D eigenvalue weighted by molar-refractivity contribution is 0.366. The summed E-state index contributed by atoms with van der Waals surface area (Å²) in [5, 5.41) is 2.70. The van der Waals surface area contributed by atoms with Crippen LogP contribution in [0, 0.1) is 11.8 Å². The molecule has 3 atom stereocenters. The van der Waals surface area contributed by atoms with Gasteiger partial charge < -0.3 is 4.90 Å². The highest BCUT2D eigenvalue weighted by Crippen LogP contribution is 2.53. The fraction of sp³-hybridized carbons (Fsp3) is 0.333. The molecular formula is C45H45NS. The molecule has 0 spiro atoms. The van der Waals surface area contributed by atoms with Crippen molar-refractivity contribution in [3.05, 3.63) is 138 Å². The van der Waals surface area contributed by atoms with Gasteiger partial charge in [0.1, 0.15) is 0 Å². The molecule has 2 heteroatoms. The summed E-state index contributed by atoms with van der Waals surface area (Å²) in [5.74, 6) is 2.61. The molecule has 3 aliphatic rings. The van der Waals surface area contributed by atoms with Gasteiger partial charge in [0.2, 0.25) is 0 Å². The summed E-state index contributed by atoms with van der Waals surface area (Å²) >= 11 is 1.90. The smallest absolute Gasteiger partial charge is 0.0468 e. The Morgan fingerprint density at radius 3 is 1.89 bits per heavy atom. The zero-order valence-corrected chi connectivity index (χ0v) is 28.2. The van der Waals surface area contributed by atoms with Crippen LogP contribution in [0.5, 0.6) is 0 Å². The number of hydrogen-bond donors (Lipinski definition) is 0. The van der Waals surface area contributed by atoms with E-state index in [-0.39, 0.29) is 5.41 Å². The second kappa shape index (κ2) is 12.3. The predicted molar refractivity (Wildman–Crippen MR) is 202 cm³/mol. The van der Waals surface area contributed by atoms with Crippen molar-refractivity contribution in [1.82, 2.24) is 0 Å². The predicted octanol–water partition coefficient (Wildman–Crippen LogP) is 13.5. The van der Waals surface area contributed by atoms with Crippen molar-refractivity contribution in [3.8, 4) is 0 Å². The van der Waals surface area contributed by atoms with Crippen LogP contribution in [0.1, 0.15) is 93.2 Å². The van der Waals surface area contributed by atoms with Crippen molar-refractivity contribution < 1.29 is 0 Å². The maximum atomic E-state index is 2.49. The maximum absolute atomic E-state index is 2.49. The van der Waals surface area contributed by atoms with Crippen LogP contribution in [-0.4, -0.2) is 0 Å². The molecule has 5 aromatic carbocycles. The Kier molecular flexibility index (Phi) is 7.66. The Morgan fingerprint density at radius 2 is 1.17 bits per heavy atom. The first-order valence-corrected chi connectivity index (χ1v) is 19.0. The van der Waals surface area contributed by atoms with Gasteiger partial charge in [-0.1, -0.05) is 111 Å². The molecule has 3 fully saturated rings. The largest absolute Gasteiger partial charge is 0.310 e. The molecule has 236 valence electrons. The lowest BCUT2D eigenvalue weighted by Gasteiger charge is -2.37. The Bertz CT molecular complexity index is 1980.